The maximum absolute atomic E-state index is 12.1. The van der Waals surface area contributed by atoms with E-state index >= 15 is 0 Å². The molecule has 0 aliphatic heterocycles. The Morgan fingerprint density at radius 1 is 1.40 bits per heavy atom. The average molecular weight is 277 g/mol. The molecule has 1 aromatic rings. The van der Waals surface area contributed by atoms with E-state index in [1.807, 2.05) is 19.1 Å². The van der Waals surface area contributed by atoms with E-state index in [1.165, 1.54) is 7.11 Å². The fraction of sp³-hybridized carbons (Fsp3) is 0.467. The molecule has 0 heterocycles. The van der Waals surface area contributed by atoms with Crippen molar-refractivity contribution in [3.8, 4) is 5.75 Å². The average Bonchev–Trinajstić information content (AvgIpc) is 2.33. The smallest absolute Gasteiger partial charge is 0.310 e. The summed E-state index contributed by atoms with van der Waals surface area (Å²) in [6.45, 7) is 1.92. The lowest BCUT2D eigenvalue weighted by molar-refractivity contribution is -0.157. The zero-order chi connectivity index (χ0) is 14.8. The number of carboxylic acid groups (broad SMARTS) is 1. The molecule has 0 unspecified atom stereocenters. The number of ether oxygens (including phenoxy) is 1. The lowest BCUT2D eigenvalue weighted by Gasteiger charge is -2.36. The molecule has 1 aliphatic rings. The Bertz CT molecular complexity index is 535. The first-order valence-corrected chi connectivity index (χ1v) is 6.65. The summed E-state index contributed by atoms with van der Waals surface area (Å²) in [4.78, 5) is 23.3. The number of carboxylic acids is 1. The van der Waals surface area contributed by atoms with Crippen molar-refractivity contribution in [2.45, 2.75) is 32.6 Å². The Morgan fingerprint density at radius 2 is 2.10 bits per heavy atom. The van der Waals surface area contributed by atoms with E-state index in [4.69, 9.17) is 4.74 Å². The van der Waals surface area contributed by atoms with Gasteiger partial charge < -0.3 is 15.2 Å². The van der Waals surface area contributed by atoms with Crippen molar-refractivity contribution >= 4 is 17.6 Å². The molecule has 1 amide bonds. The van der Waals surface area contributed by atoms with Crippen LogP contribution in [-0.4, -0.2) is 24.1 Å². The molecule has 0 bridgehead atoms. The molecule has 0 spiro atoms. The van der Waals surface area contributed by atoms with E-state index in [2.05, 4.69) is 5.32 Å². The van der Waals surface area contributed by atoms with Crippen LogP contribution in [0.25, 0.3) is 0 Å². The van der Waals surface area contributed by atoms with Crippen LogP contribution in [0.5, 0.6) is 5.75 Å². The summed E-state index contributed by atoms with van der Waals surface area (Å²) < 4.78 is 5.19. The van der Waals surface area contributed by atoms with Crippen LogP contribution in [0.4, 0.5) is 5.69 Å². The van der Waals surface area contributed by atoms with Crippen molar-refractivity contribution in [3.05, 3.63) is 23.8 Å². The Kier molecular flexibility index (Phi) is 3.97. The molecule has 0 atom stereocenters. The molecular weight excluding hydrogens is 258 g/mol. The van der Waals surface area contributed by atoms with Gasteiger partial charge in [0.25, 0.3) is 0 Å². The van der Waals surface area contributed by atoms with Gasteiger partial charge in [0.15, 0.2) is 0 Å². The van der Waals surface area contributed by atoms with Gasteiger partial charge in [0.05, 0.1) is 18.2 Å². The number of nitrogens with one attached hydrogen (secondary N) is 1. The number of benzene rings is 1. The molecule has 0 radical (unpaired) electrons. The minimum atomic E-state index is -0.880. The van der Waals surface area contributed by atoms with Gasteiger partial charge in [0, 0.05) is 6.42 Å². The first kappa shape index (κ1) is 14.4. The number of carbonyl (C=O) groups excluding carboxylic acids is 1. The molecule has 2 N–H and O–H groups in total. The van der Waals surface area contributed by atoms with Crippen LogP contribution in [0.15, 0.2) is 18.2 Å². The van der Waals surface area contributed by atoms with Crippen LogP contribution in [-0.2, 0) is 9.59 Å². The van der Waals surface area contributed by atoms with Crippen LogP contribution >= 0.6 is 0 Å². The highest BCUT2D eigenvalue weighted by molar-refractivity contribution is 5.95. The Balaban J connectivity index is 2.08. The molecule has 108 valence electrons. The number of rotatable bonds is 5. The van der Waals surface area contributed by atoms with Crippen LogP contribution in [0, 0.1) is 12.3 Å². The minimum Gasteiger partial charge on any atom is -0.495 e. The number of anilines is 1. The number of aliphatic carboxylic acids is 1. The van der Waals surface area contributed by atoms with Crippen molar-refractivity contribution < 1.29 is 19.4 Å². The Morgan fingerprint density at radius 3 is 2.60 bits per heavy atom. The summed E-state index contributed by atoms with van der Waals surface area (Å²) in [5.74, 6) is -0.590. The molecule has 2 rings (SSSR count). The molecule has 0 saturated heterocycles. The summed E-state index contributed by atoms with van der Waals surface area (Å²) in [6, 6.07) is 5.48. The highest BCUT2D eigenvalue weighted by atomic mass is 16.5. The second-order valence-corrected chi connectivity index (χ2v) is 5.37. The van der Waals surface area contributed by atoms with Gasteiger partial charge in [-0.3, -0.25) is 9.59 Å². The van der Waals surface area contributed by atoms with Gasteiger partial charge in [-0.25, -0.2) is 0 Å². The number of methoxy groups -OCH3 is 1. The number of carbonyl (C=O) groups is 2. The maximum Gasteiger partial charge on any atom is 0.310 e. The van der Waals surface area contributed by atoms with Crippen molar-refractivity contribution in [1.82, 2.24) is 0 Å². The third-order valence-corrected chi connectivity index (χ3v) is 3.89. The quantitative estimate of drug-likeness (QED) is 0.867. The third kappa shape index (κ3) is 2.76. The van der Waals surface area contributed by atoms with Crippen LogP contribution in [0.2, 0.25) is 0 Å². The zero-order valence-electron chi connectivity index (χ0n) is 11.7. The van der Waals surface area contributed by atoms with Gasteiger partial charge in [0.1, 0.15) is 5.75 Å². The molecule has 1 saturated carbocycles. The third-order valence-electron chi connectivity index (χ3n) is 3.89. The van der Waals surface area contributed by atoms with E-state index in [0.717, 1.165) is 12.0 Å². The topological polar surface area (TPSA) is 75.6 Å². The second-order valence-electron chi connectivity index (χ2n) is 5.37. The van der Waals surface area contributed by atoms with Gasteiger partial charge in [-0.15, -0.1) is 0 Å². The van der Waals surface area contributed by atoms with Gasteiger partial charge >= 0.3 is 5.97 Å². The lowest BCUT2D eigenvalue weighted by atomic mass is 9.66. The van der Waals surface area contributed by atoms with Crippen molar-refractivity contribution in [3.63, 3.8) is 0 Å². The normalized spacial score (nSPS) is 16.1. The monoisotopic (exact) mass is 277 g/mol. The van der Waals surface area contributed by atoms with Crippen molar-refractivity contribution in [1.29, 1.82) is 0 Å². The summed E-state index contributed by atoms with van der Waals surface area (Å²) in [6.07, 6.45) is 2.02. The molecule has 5 nitrogen and oxygen atoms in total. The molecule has 20 heavy (non-hydrogen) atoms. The minimum absolute atomic E-state index is 0.0133. The lowest BCUT2D eigenvalue weighted by Crippen LogP contribution is -2.41. The van der Waals surface area contributed by atoms with E-state index < -0.39 is 11.4 Å². The van der Waals surface area contributed by atoms with E-state index in [9.17, 15) is 14.7 Å². The number of aryl methyl sites for hydroxylation is 1. The summed E-state index contributed by atoms with van der Waals surface area (Å²) in [7, 11) is 1.53. The van der Waals surface area contributed by atoms with Gasteiger partial charge in [0.2, 0.25) is 5.91 Å². The van der Waals surface area contributed by atoms with E-state index in [-0.39, 0.29) is 12.3 Å². The molecule has 0 aromatic heterocycles. The van der Waals surface area contributed by atoms with Gasteiger partial charge in [-0.2, -0.15) is 0 Å². The predicted octanol–water partition coefficient (Wildman–Crippen LogP) is 2.59. The number of amides is 1. The van der Waals surface area contributed by atoms with Crippen molar-refractivity contribution in [2.75, 3.05) is 12.4 Å². The molecular formula is C15H19NO4. The fourth-order valence-corrected chi connectivity index (χ4v) is 2.49. The number of hydrogen-bond acceptors (Lipinski definition) is 3. The molecule has 1 aromatic carbocycles. The van der Waals surface area contributed by atoms with E-state index in [1.54, 1.807) is 6.07 Å². The van der Waals surface area contributed by atoms with Crippen LogP contribution in [0.1, 0.15) is 31.2 Å². The van der Waals surface area contributed by atoms with Gasteiger partial charge in [-0.05, 0) is 37.5 Å². The Labute approximate surface area is 117 Å². The first-order chi connectivity index (χ1) is 9.47. The van der Waals surface area contributed by atoms with Gasteiger partial charge in [-0.1, -0.05) is 12.5 Å². The zero-order valence-corrected chi connectivity index (χ0v) is 11.7. The van der Waals surface area contributed by atoms with E-state index in [0.29, 0.717) is 24.3 Å². The largest absolute Gasteiger partial charge is 0.495 e. The second kappa shape index (κ2) is 5.53. The highest BCUT2D eigenvalue weighted by Gasteiger charge is 2.45. The summed E-state index contributed by atoms with van der Waals surface area (Å²) >= 11 is 0. The molecule has 5 heteroatoms. The number of hydrogen-bond donors (Lipinski definition) is 2. The summed E-state index contributed by atoms with van der Waals surface area (Å²) in [5, 5.41) is 12.0. The first-order valence-electron chi connectivity index (χ1n) is 6.65. The van der Waals surface area contributed by atoms with Crippen LogP contribution in [0.3, 0.4) is 0 Å². The Hall–Kier alpha value is -2.04. The standard InChI is InChI=1S/C15H19NO4/c1-10-4-5-12(20-2)11(8-10)16-13(17)9-15(14(18)19)6-3-7-15/h4-5,8H,3,6-7,9H2,1-2H3,(H,16,17)(H,18,19). The summed E-state index contributed by atoms with van der Waals surface area (Å²) in [5.41, 5.74) is 0.705. The maximum atomic E-state index is 12.1. The van der Waals surface area contributed by atoms with Crippen molar-refractivity contribution in [2.24, 2.45) is 5.41 Å². The fourth-order valence-electron chi connectivity index (χ4n) is 2.49. The SMILES string of the molecule is COc1ccc(C)cc1NC(=O)CC1(C(=O)O)CCC1. The highest BCUT2D eigenvalue weighted by Crippen LogP contribution is 2.44. The molecule has 1 fully saturated rings. The van der Waals surface area contributed by atoms with Crippen LogP contribution < -0.4 is 10.1 Å². The molecule has 1 aliphatic carbocycles. The predicted molar refractivity (Wildman–Crippen MR) is 74.9 cm³/mol.